The molecule has 0 radical (unpaired) electrons. The zero-order chi connectivity index (χ0) is 15.0. The van der Waals surface area contributed by atoms with Crippen molar-refractivity contribution in [2.75, 3.05) is 27.4 Å². The first-order valence-corrected chi connectivity index (χ1v) is 6.65. The van der Waals surface area contributed by atoms with Gasteiger partial charge in [0.1, 0.15) is 11.8 Å². The minimum absolute atomic E-state index is 0.0864. The van der Waals surface area contributed by atoms with E-state index in [0.29, 0.717) is 13.2 Å². The fraction of sp³-hybridized carbons (Fsp3) is 0.533. The number of ether oxygens (including phenoxy) is 3. The molecule has 1 aromatic rings. The predicted octanol–water partition coefficient (Wildman–Crippen LogP) is 1.92. The van der Waals surface area contributed by atoms with Crippen molar-refractivity contribution in [2.45, 2.75) is 26.0 Å². The molecule has 1 unspecified atom stereocenters. The third-order valence-electron chi connectivity index (χ3n) is 2.65. The Morgan fingerprint density at radius 2 is 2.05 bits per heavy atom. The second-order valence-corrected chi connectivity index (χ2v) is 4.64. The Morgan fingerprint density at radius 3 is 2.65 bits per heavy atom. The number of methoxy groups -OCH3 is 2. The number of hydrogen-bond acceptors (Lipinski definition) is 5. The van der Waals surface area contributed by atoms with E-state index in [9.17, 15) is 4.79 Å². The van der Waals surface area contributed by atoms with Crippen LogP contribution in [0.4, 0.5) is 0 Å². The average Bonchev–Trinajstić information content (AvgIpc) is 2.42. The Hall–Kier alpha value is -1.59. The molecule has 0 fully saturated rings. The molecule has 5 heteroatoms. The lowest BCUT2D eigenvalue weighted by atomic mass is 10.1. The topological polar surface area (TPSA) is 56.8 Å². The number of carbonyl (C=O) groups is 1. The summed E-state index contributed by atoms with van der Waals surface area (Å²) in [7, 11) is 2.99. The second kappa shape index (κ2) is 8.55. The third kappa shape index (κ3) is 5.19. The summed E-state index contributed by atoms with van der Waals surface area (Å²) < 4.78 is 15.5. The van der Waals surface area contributed by atoms with E-state index in [1.54, 1.807) is 7.11 Å². The van der Waals surface area contributed by atoms with Gasteiger partial charge in [-0.2, -0.15) is 0 Å². The third-order valence-corrected chi connectivity index (χ3v) is 2.65. The largest absolute Gasteiger partial charge is 0.491 e. The number of hydrogen-bond donors (Lipinski definition) is 1. The highest BCUT2D eigenvalue weighted by Gasteiger charge is 2.21. The fourth-order valence-electron chi connectivity index (χ4n) is 1.80. The second-order valence-electron chi connectivity index (χ2n) is 4.64. The normalized spacial score (nSPS) is 12.2. The van der Waals surface area contributed by atoms with Crippen molar-refractivity contribution in [1.82, 2.24) is 5.32 Å². The van der Waals surface area contributed by atoms with E-state index in [-0.39, 0.29) is 12.1 Å². The van der Waals surface area contributed by atoms with Gasteiger partial charge < -0.3 is 14.2 Å². The molecule has 0 saturated carbocycles. The van der Waals surface area contributed by atoms with Crippen LogP contribution in [0.3, 0.4) is 0 Å². The van der Waals surface area contributed by atoms with E-state index in [4.69, 9.17) is 14.2 Å². The Morgan fingerprint density at radius 1 is 1.30 bits per heavy atom. The molecule has 0 aliphatic rings. The van der Waals surface area contributed by atoms with Crippen LogP contribution >= 0.6 is 0 Å². The smallest absolute Gasteiger partial charge is 0.327 e. The lowest BCUT2D eigenvalue weighted by Gasteiger charge is -2.18. The van der Waals surface area contributed by atoms with Crippen LogP contribution in [-0.2, 0) is 14.3 Å². The van der Waals surface area contributed by atoms with Crippen LogP contribution in [0.1, 0.15) is 25.5 Å². The van der Waals surface area contributed by atoms with Crippen molar-refractivity contribution < 1.29 is 19.0 Å². The van der Waals surface area contributed by atoms with E-state index in [2.05, 4.69) is 5.32 Å². The Kier molecular flexibility index (Phi) is 7.04. The van der Waals surface area contributed by atoms with Gasteiger partial charge in [0.2, 0.25) is 0 Å². The van der Waals surface area contributed by atoms with Crippen LogP contribution in [0, 0.1) is 0 Å². The minimum Gasteiger partial charge on any atom is -0.491 e. The van der Waals surface area contributed by atoms with Crippen LogP contribution < -0.4 is 10.1 Å². The van der Waals surface area contributed by atoms with Crippen LogP contribution in [0.2, 0.25) is 0 Å². The molecule has 20 heavy (non-hydrogen) atoms. The molecule has 0 aromatic heterocycles. The SMILES string of the molecule is COCCNC(C(=O)OC)c1cccc(OC(C)C)c1. The molecule has 1 aromatic carbocycles. The quantitative estimate of drug-likeness (QED) is 0.583. The van der Waals surface area contributed by atoms with E-state index in [1.165, 1.54) is 7.11 Å². The standard InChI is InChI=1S/C15H23NO4/c1-11(2)20-13-7-5-6-12(10-13)14(15(17)19-4)16-8-9-18-3/h5-7,10-11,14,16H,8-9H2,1-4H3. The molecule has 0 spiro atoms. The Balaban J connectivity index is 2.86. The summed E-state index contributed by atoms with van der Waals surface area (Å²) in [5, 5.41) is 3.11. The fourth-order valence-corrected chi connectivity index (χ4v) is 1.80. The summed E-state index contributed by atoms with van der Waals surface area (Å²) in [6.07, 6.45) is 0.0864. The summed E-state index contributed by atoms with van der Waals surface area (Å²) in [5.74, 6) is 0.405. The molecule has 0 aliphatic heterocycles. The molecular formula is C15H23NO4. The number of carbonyl (C=O) groups excluding carboxylic acids is 1. The van der Waals surface area contributed by atoms with E-state index >= 15 is 0 Å². The highest BCUT2D eigenvalue weighted by molar-refractivity contribution is 5.77. The average molecular weight is 281 g/mol. The Bertz CT molecular complexity index is 420. The molecule has 0 amide bonds. The van der Waals surface area contributed by atoms with Gasteiger partial charge in [0.05, 0.1) is 19.8 Å². The van der Waals surface area contributed by atoms with Crippen molar-refractivity contribution in [2.24, 2.45) is 0 Å². The molecule has 0 bridgehead atoms. The van der Waals surface area contributed by atoms with Crippen molar-refractivity contribution >= 4 is 5.97 Å². The molecular weight excluding hydrogens is 258 g/mol. The predicted molar refractivity (Wildman–Crippen MR) is 76.8 cm³/mol. The first-order chi connectivity index (χ1) is 9.58. The van der Waals surface area contributed by atoms with Gasteiger partial charge in [0.15, 0.2) is 0 Å². The van der Waals surface area contributed by atoms with Crippen molar-refractivity contribution in [3.05, 3.63) is 29.8 Å². The summed E-state index contributed by atoms with van der Waals surface area (Å²) in [4.78, 5) is 11.9. The van der Waals surface area contributed by atoms with Gasteiger partial charge in [0.25, 0.3) is 0 Å². The molecule has 0 aliphatic carbocycles. The molecule has 1 rings (SSSR count). The van der Waals surface area contributed by atoms with Crippen molar-refractivity contribution in [1.29, 1.82) is 0 Å². The minimum atomic E-state index is -0.522. The lowest BCUT2D eigenvalue weighted by molar-refractivity contribution is -0.143. The van der Waals surface area contributed by atoms with Gasteiger partial charge in [-0.15, -0.1) is 0 Å². The maximum atomic E-state index is 11.9. The van der Waals surface area contributed by atoms with E-state index in [1.807, 2.05) is 38.1 Å². The van der Waals surface area contributed by atoms with Crippen LogP contribution in [0.15, 0.2) is 24.3 Å². The van der Waals surface area contributed by atoms with Gasteiger partial charge in [-0.3, -0.25) is 5.32 Å². The summed E-state index contributed by atoms with van der Waals surface area (Å²) in [6, 6.07) is 6.93. The lowest BCUT2D eigenvalue weighted by Crippen LogP contribution is -2.32. The summed E-state index contributed by atoms with van der Waals surface area (Å²) in [6.45, 7) is 5.00. The van der Waals surface area contributed by atoms with Gasteiger partial charge in [-0.05, 0) is 31.5 Å². The monoisotopic (exact) mass is 281 g/mol. The molecule has 5 nitrogen and oxygen atoms in total. The number of nitrogens with one attached hydrogen (secondary N) is 1. The molecule has 0 heterocycles. The van der Waals surface area contributed by atoms with Crippen molar-refractivity contribution in [3.63, 3.8) is 0 Å². The summed E-state index contributed by atoms with van der Waals surface area (Å²) in [5.41, 5.74) is 0.811. The number of rotatable bonds is 8. The van der Waals surface area contributed by atoms with E-state index in [0.717, 1.165) is 11.3 Å². The molecule has 112 valence electrons. The van der Waals surface area contributed by atoms with Crippen LogP contribution in [0.25, 0.3) is 0 Å². The zero-order valence-corrected chi connectivity index (χ0v) is 12.5. The van der Waals surface area contributed by atoms with Gasteiger partial charge in [-0.25, -0.2) is 4.79 Å². The van der Waals surface area contributed by atoms with Gasteiger partial charge in [0, 0.05) is 13.7 Å². The Labute approximate surface area is 120 Å². The maximum absolute atomic E-state index is 11.9. The summed E-state index contributed by atoms with van der Waals surface area (Å²) >= 11 is 0. The van der Waals surface area contributed by atoms with Crippen LogP contribution in [-0.4, -0.2) is 39.4 Å². The molecule has 1 N–H and O–H groups in total. The first kappa shape index (κ1) is 16.5. The maximum Gasteiger partial charge on any atom is 0.327 e. The zero-order valence-electron chi connectivity index (χ0n) is 12.5. The van der Waals surface area contributed by atoms with Gasteiger partial charge >= 0.3 is 5.97 Å². The first-order valence-electron chi connectivity index (χ1n) is 6.65. The highest BCUT2D eigenvalue weighted by atomic mass is 16.5. The van der Waals surface area contributed by atoms with Crippen LogP contribution in [0.5, 0.6) is 5.75 Å². The number of esters is 1. The van der Waals surface area contributed by atoms with Gasteiger partial charge in [-0.1, -0.05) is 12.1 Å². The molecule has 0 saturated heterocycles. The highest BCUT2D eigenvalue weighted by Crippen LogP contribution is 2.21. The van der Waals surface area contributed by atoms with E-state index < -0.39 is 6.04 Å². The number of benzene rings is 1. The van der Waals surface area contributed by atoms with Crippen molar-refractivity contribution in [3.8, 4) is 5.75 Å². The molecule has 1 atom stereocenters.